The number of carbonyl (C=O) groups is 1. The van der Waals surface area contributed by atoms with Crippen LogP contribution in [0.15, 0.2) is 30.3 Å². The van der Waals surface area contributed by atoms with Gasteiger partial charge in [-0.2, -0.15) is 4.37 Å². The summed E-state index contributed by atoms with van der Waals surface area (Å²) < 4.78 is 4.38. The third kappa shape index (κ3) is 2.29. The molecule has 2 aromatic rings. The average Bonchev–Trinajstić information content (AvgIpc) is 2.95. The van der Waals surface area contributed by atoms with Crippen molar-refractivity contribution in [1.82, 2.24) is 4.37 Å². The Hall–Kier alpha value is -1.68. The Morgan fingerprint density at radius 1 is 1.28 bits per heavy atom. The molecule has 0 fully saturated rings. The number of anilines is 1. The summed E-state index contributed by atoms with van der Waals surface area (Å²) in [6.07, 6.45) is 3.69. The van der Waals surface area contributed by atoms with Crippen molar-refractivity contribution >= 4 is 22.4 Å². The number of nitrogens with zero attached hydrogens (tertiary/aromatic N) is 1. The SMILES string of the molecule is O=C(Cc1ccccc1)Nc1snc2c1CCC2. The molecular weight excluding hydrogens is 244 g/mol. The second-order valence-corrected chi connectivity index (χ2v) is 5.27. The summed E-state index contributed by atoms with van der Waals surface area (Å²) in [7, 11) is 0. The number of hydrogen-bond acceptors (Lipinski definition) is 3. The lowest BCUT2D eigenvalue weighted by molar-refractivity contribution is -0.115. The molecule has 18 heavy (non-hydrogen) atoms. The quantitative estimate of drug-likeness (QED) is 0.919. The number of aryl methyl sites for hydroxylation is 1. The standard InChI is InChI=1S/C14H14N2OS/c17-13(9-10-5-2-1-3-6-10)15-14-11-7-4-8-12(11)16-18-14/h1-3,5-6H,4,7-9H2,(H,15,17). The van der Waals surface area contributed by atoms with E-state index in [1.54, 1.807) is 0 Å². The Bertz CT molecular complexity index is 562. The van der Waals surface area contributed by atoms with Crippen LogP contribution in [-0.4, -0.2) is 10.3 Å². The molecule has 0 aliphatic heterocycles. The number of fused-ring (bicyclic) bond motifs is 1. The molecular formula is C14H14N2OS. The summed E-state index contributed by atoms with van der Waals surface area (Å²) in [5.74, 6) is 0.0413. The summed E-state index contributed by atoms with van der Waals surface area (Å²) in [5.41, 5.74) is 3.47. The molecule has 1 aliphatic carbocycles. The largest absolute Gasteiger partial charge is 0.316 e. The van der Waals surface area contributed by atoms with Gasteiger partial charge in [-0.25, -0.2) is 0 Å². The zero-order chi connectivity index (χ0) is 12.4. The van der Waals surface area contributed by atoms with Gasteiger partial charge in [-0.15, -0.1) is 0 Å². The minimum atomic E-state index is 0.0413. The molecule has 3 rings (SSSR count). The van der Waals surface area contributed by atoms with E-state index in [1.165, 1.54) is 22.8 Å². The number of aromatic nitrogens is 1. The number of rotatable bonds is 3. The first kappa shape index (κ1) is 11.4. The maximum absolute atomic E-state index is 11.9. The molecule has 0 saturated heterocycles. The van der Waals surface area contributed by atoms with Gasteiger partial charge in [-0.1, -0.05) is 30.3 Å². The molecule has 0 unspecified atom stereocenters. The van der Waals surface area contributed by atoms with Crippen LogP contribution in [-0.2, 0) is 24.1 Å². The van der Waals surface area contributed by atoms with E-state index >= 15 is 0 Å². The summed E-state index contributed by atoms with van der Waals surface area (Å²) in [6.45, 7) is 0. The van der Waals surface area contributed by atoms with Crippen molar-refractivity contribution in [2.75, 3.05) is 5.32 Å². The van der Waals surface area contributed by atoms with Gasteiger partial charge < -0.3 is 5.32 Å². The number of benzene rings is 1. The molecule has 1 N–H and O–H groups in total. The molecule has 1 amide bonds. The van der Waals surface area contributed by atoms with E-state index in [2.05, 4.69) is 9.69 Å². The normalized spacial score (nSPS) is 13.3. The van der Waals surface area contributed by atoms with Crippen molar-refractivity contribution < 1.29 is 4.79 Å². The van der Waals surface area contributed by atoms with Crippen molar-refractivity contribution in [3.05, 3.63) is 47.2 Å². The third-order valence-corrected chi connectivity index (χ3v) is 4.01. The van der Waals surface area contributed by atoms with Crippen molar-refractivity contribution in [2.45, 2.75) is 25.7 Å². The molecule has 1 aliphatic rings. The Morgan fingerprint density at radius 3 is 2.94 bits per heavy atom. The first-order chi connectivity index (χ1) is 8.83. The van der Waals surface area contributed by atoms with E-state index in [9.17, 15) is 4.79 Å². The topological polar surface area (TPSA) is 42.0 Å². The highest BCUT2D eigenvalue weighted by Crippen LogP contribution is 2.32. The van der Waals surface area contributed by atoms with Crippen molar-refractivity contribution in [1.29, 1.82) is 0 Å². The minimum Gasteiger partial charge on any atom is -0.316 e. The fourth-order valence-corrected chi connectivity index (χ4v) is 3.17. The lowest BCUT2D eigenvalue weighted by atomic mass is 10.1. The van der Waals surface area contributed by atoms with Crippen molar-refractivity contribution in [3.63, 3.8) is 0 Å². The highest BCUT2D eigenvalue weighted by Gasteiger charge is 2.20. The van der Waals surface area contributed by atoms with Gasteiger partial charge in [0.1, 0.15) is 5.00 Å². The second kappa shape index (κ2) is 4.90. The van der Waals surface area contributed by atoms with Crippen LogP contribution in [0.3, 0.4) is 0 Å². The second-order valence-electron chi connectivity index (χ2n) is 4.50. The van der Waals surface area contributed by atoms with Gasteiger partial charge >= 0.3 is 0 Å². The number of nitrogens with one attached hydrogen (secondary N) is 1. The van der Waals surface area contributed by atoms with Crippen LogP contribution >= 0.6 is 11.5 Å². The monoisotopic (exact) mass is 258 g/mol. The molecule has 92 valence electrons. The van der Waals surface area contributed by atoms with Crippen LogP contribution in [0.4, 0.5) is 5.00 Å². The maximum Gasteiger partial charge on any atom is 0.229 e. The van der Waals surface area contributed by atoms with Gasteiger partial charge in [0, 0.05) is 5.56 Å². The molecule has 4 heteroatoms. The lowest BCUT2D eigenvalue weighted by Crippen LogP contribution is -2.14. The van der Waals surface area contributed by atoms with Gasteiger partial charge in [-0.3, -0.25) is 4.79 Å². The smallest absolute Gasteiger partial charge is 0.229 e. The van der Waals surface area contributed by atoms with Crippen LogP contribution in [0, 0.1) is 0 Å². The Kier molecular flexibility index (Phi) is 3.11. The van der Waals surface area contributed by atoms with Crippen LogP contribution in [0.2, 0.25) is 0 Å². The molecule has 1 aromatic heterocycles. The van der Waals surface area contributed by atoms with Crippen LogP contribution in [0.1, 0.15) is 23.2 Å². The Morgan fingerprint density at radius 2 is 2.11 bits per heavy atom. The summed E-state index contributed by atoms with van der Waals surface area (Å²) in [4.78, 5) is 11.9. The highest BCUT2D eigenvalue weighted by molar-refractivity contribution is 7.10. The Balaban J connectivity index is 1.68. The lowest BCUT2D eigenvalue weighted by Gasteiger charge is -2.04. The molecule has 0 radical (unpaired) electrons. The zero-order valence-corrected chi connectivity index (χ0v) is 10.8. The third-order valence-electron chi connectivity index (χ3n) is 3.17. The summed E-state index contributed by atoms with van der Waals surface area (Å²) in [6, 6.07) is 9.80. The van der Waals surface area contributed by atoms with E-state index in [0.29, 0.717) is 6.42 Å². The predicted molar refractivity (Wildman–Crippen MR) is 72.9 cm³/mol. The molecule has 0 bridgehead atoms. The average molecular weight is 258 g/mol. The minimum absolute atomic E-state index is 0.0413. The zero-order valence-electron chi connectivity index (χ0n) is 9.98. The van der Waals surface area contributed by atoms with Gasteiger partial charge in [-0.05, 0) is 36.4 Å². The van der Waals surface area contributed by atoms with Gasteiger partial charge in [0.05, 0.1) is 12.1 Å². The number of amides is 1. The summed E-state index contributed by atoms with van der Waals surface area (Å²) in [5, 5.41) is 3.94. The van der Waals surface area contributed by atoms with E-state index in [1.807, 2.05) is 30.3 Å². The van der Waals surface area contributed by atoms with Crippen LogP contribution in [0.5, 0.6) is 0 Å². The highest BCUT2D eigenvalue weighted by atomic mass is 32.1. The molecule has 0 saturated carbocycles. The number of hydrogen-bond donors (Lipinski definition) is 1. The first-order valence-electron chi connectivity index (χ1n) is 6.14. The molecule has 1 heterocycles. The summed E-state index contributed by atoms with van der Waals surface area (Å²) >= 11 is 1.41. The molecule has 3 nitrogen and oxygen atoms in total. The van der Waals surface area contributed by atoms with Crippen LogP contribution < -0.4 is 5.32 Å². The molecule has 1 aromatic carbocycles. The number of carbonyl (C=O) groups excluding carboxylic acids is 1. The van der Waals surface area contributed by atoms with Crippen LogP contribution in [0.25, 0.3) is 0 Å². The van der Waals surface area contributed by atoms with Gasteiger partial charge in [0.15, 0.2) is 0 Å². The fourth-order valence-electron chi connectivity index (χ4n) is 2.28. The Labute approximate surface area is 110 Å². The van der Waals surface area contributed by atoms with Gasteiger partial charge in [0.25, 0.3) is 0 Å². The van der Waals surface area contributed by atoms with Gasteiger partial charge in [0.2, 0.25) is 5.91 Å². The van der Waals surface area contributed by atoms with E-state index in [4.69, 9.17) is 0 Å². The first-order valence-corrected chi connectivity index (χ1v) is 6.91. The van der Waals surface area contributed by atoms with E-state index in [0.717, 1.165) is 29.8 Å². The maximum atomic E-state index is 11.9. The molecule has 0 spiro atoms. The predicted octanol–water partition coefficient (Wildman–Crippen LogP) is 2.81. The fraction of sp³-hybridized carbons (Fsp3) is 0.286. The van der Waals surface area contributed by atoms with Crippen molar-refractivity contribution in [2.24, 2.45) is 0 Å². The van der Waals surface area contributed by atoms with Crippen molar-refractivity contribution in [3.8, 4) is 0 Å². The van der Waals surface area contributed by atoms with E-state index < -0.39 is 0 Å². The molecule has 0 atom stereocenters. The van der Waals surface area contributed by atoms with E-state index in [-0.39, 0.29) is 5.91 Å².